The number of rotatable bonds is 8. The van der Waals surface area contributed by atoms with Gasteiger partial charge >= 0.3 is 0 Å². The third-order valence-electron chi connectivity index (χ3n) is 9.50. The molecule has 1 N–H and O–H groups in total. The predicted molar refractivity (Wildman–Crippen MR) is 183 cm³/mol. The van der Waals surface area contributed by atoms with Gasteiger partial charge in [-0.1, -0.05) is 104 Å². The molecule has 0 fully saturated rings. The van der Waals surface area contributed by atoms with E-state index in [0.717, 1.165) is 47.2 Å². The average molecular weight is 777 g/mol. The minimum Gasteiger partial charge on any atom is -0.512 e. The molecule has 0 bridgehead atoms. The molecule has 5 heteroatoms. The first kappa shape index (κ1) is 36.9. The molecule has 0 saturated heterocycles. The Balaban J connectivity index is 0.000000318. The first-order valence-corrected chi connectivity index (χ1v) is 16.2. The fourth-order valence-corrected chi connectivity index (χ4v) is 6.07. The summed E-state index contributed by atoms with van der Waals surface area (Å²) in [6.07, 6.45) is 4.75. The van der Waals surface area contributed by atoms with Gasteiger partial charge in [-0.15, -0.1) is 40.5 Å². The van der Waals surface area contributed by atoms with Crippen molar-refractivity contribution < 1.29 is 30.0 Å². The van der Waals surface area contributed by atoms with Crippen LogP contribution < -0.4 is 0 Å². The smallest absolute Gasteiger partial charge is 0.164 e. The monoisotopic (exact) mass is 777 g/mol. The minimum atomic E-state index is -0.337. The number of benzene rings is 2. The summed E-state index contributed by atoms with van der Waals surface area (Å²) in [6.45, 7) is 23.2. The third kappa shape index (κ3) is 8.04. The SMILES string of the molecule is CCC(C)(CC)C(=O)/C=C(\O)C(C)(CC)CC.Cc1sc2nc(-c3[c-]c4ccccc4c(C(C)(C)C)c3)ccc2c1C.[Ir]. The molecule has 0 spiro atoms. The van der Waals surface area contributed by atoms with Crippen molar-refractivity contribution in [1.29, 1.82) is 0 Å². The van der Waals surface area contributed by atoms with Gasteiger partial charge in [0.2, 0.25) is 0 Å². The number of aliphatic hydroxyl groups excluding tert-OH is 1. The van der Waals surface area contributed by atoms with E-state index in [2.05, 4.69) is 83.1 Å². The van der Waals surface area contributed by atoms with E-state index < -0.39 is 0 Å². The number of aliphatic hydroxyl groups is 1. The second-order valence-electron chi connectivity index (χ2n) is 13.2. The molecule has 2 aromatic carbocycles. The van der Waals surface area contributed by atoms with Crippen LogP contribution in [0.15, 0.2) is 54.3 Å². The maximum Gasteiger partial charge on any atom is 0.164 e. The summed E-state index contributed by atoms with van der Waals surface area (Å²) in [5.41, 5.74) is 4.24. The van der Waals surface area contributed by atoms with E-state index in [4.69, 9.17) is 4.98 Å². The number of ketones is 1. The molecule has 0 aliphatic rings. The average Bonchev–Trinajstić information content (AvgIpc) is 3.27. The summed E-state index contributed by atoms with van der Waals surface area (Å²) in [4.78, 5) is 19.6. The fourth-order valence-electron chi connectivity index (χ4n) is 5.04. The van der Waals surface area contributed by atoms with Gasteiger partial charge in [-0.05, 0) is 50.5 Å². The van der Waals surface area contributed by atoms with E-state index in [-0.39, 0.29) is 47.9 Å². The van der Waals surface area contributed by atoms with Crippen LogP contribution in [0.1, 0.15) is 104 Å². The topological polar surface area (TPSA) is 50.2 Å². The molecule has 0 amide bonds. The number of carbonyl (C=O) groups is 1. The molecule has 2 heterocycles. The standard InChI is InChI=1S/C23H22NS.C15H28O2.Ir/c1-14-15(2)25-22-18(14)10-11-21(24-22)17-12-16-8-6-7-9-19(16)20(13-17)23(3,4)5;1-7-14(5,8-2)12(16)11-13(17)15(6,9-3)10-4;/h6-11,13H,1-5H3;11,16H,7-10H2,1-6H3;/q-1;;/b;12-11-;. The van der Waals surface area contributed by atoms with Gasteiger partial charge in [-0.2, -0.15) is 0 Å². The van der Waals surface area contributed by atoms with Crippen molar-refractivity contribution >= 4 is 38.1 Å². The molecule has 4 aromatic rings. The van der Waals surface area contributed by atoms with Gasteiger partial charge in [0.15, 0.2) is 5.78 Å². The van der Waals surface area contributed by atoms with Gasteiger partial charge in [0.05, 0.1) is 0 Å². The maximum atomic E-state index is 12.2. The summed E-state index contributed by atoms with van der Waals surface area (Å²) >= 11 is 1.78. The molecule has 0 saturated carbocycles. The van der Waals surface area contributed by atoms with Crippen LogP contribution in [0.2, 0.25) is 0 Å². The molecule has 43 heavy (non-hydrogen) atoms. The Morgan fingerprint density at radius 3 is 2.02 bits per heavy atom. The van der Waals surface area contributed by atoms with Gasteiger partial charge in [0.1, 0.15) is 10.6 Å². The minimum absolute atomic E-state index is 0. The van der Waals surface area contributed by atoms with Crippen LogP contribution in [0.3, 0.4) is 0 Å². The Bertz CT molecular complexity index is 1580. The van der Waals surface area contributed by atoms with E-state index >= 15 is 0 Å². The van der Waals surface area contributed by atoms with E-state index in [0.29, 0.717) is 0 Å². The first-order valence-electron chi connectivity index (χ1n) is 15.4. The van der Waals surface area contributed by atoms with E-state index in [1.807, 2.05) is 41.5 Å². The van der Waals surface area contributed by atoms with Crippen molar-refractivity contribution in [2.45, 2.75) is 107 Å². The number of aryl methyl sites for hydroxylation is 2. The van der Waals surface area contributed by atoms with Crippen LogP contribution >= 0.6 is 11.3 Å². The van der Waals surface area contributed by atoms with Gasteiger partial charge in [-0.3, -0.25) is 9.78 Å². The zero-order valence-electron chi connectivity index (χ0n) is 28.0. The Morgan fingerprint density at radius 2 is 1.47 bits per heavy atom. The van der Waals surface area contributed by atoms with Crippen LogP contribution in [0.4, 0.5) is 0 Å². The van der Waals surface area contributed by atoms with E-state index in [1.54, 1.807) is 11.3 Å². The number of aromatic nitrogens is 1. The van der Waals surface area contributed by atoms with Gasteiger partial charge in [0.25, 0.3) is 0 Å². The van der Waals surface area contributed by atoms with Gasteiger partial charge < -0.3 is 5.11 Å². The van der Waals surface area contributed by atoms with E-state index in [9.17, 15) is 9.90 Å². The van der Waals surface area contributed by atoms with Crippen molar-refractivity contribution in [2.24, 2.45) is 10.8 Å². The second kappa shape index (κ2) is 14.6. The molecule has 0 atom stereocenters. The summed E-state index contributed by atoms with van der Waals surface area (Å²) in [5.74, 6) is 0.286. The Morgan fingerprint density at radius 1 is 0.884 bits per heavy atom. The zero-order valence-corrected chi connectivity index (χ0v) is 31.2. The van der Waals surface area contributed by atoms with Gasteiger partial charge in [0, 0.05) is 53.0 Å². The number of nitrogens with zero attached hydrogens (tertiary/aromatic N) is 1. The quantitative estimate of drug-likeness (QED) is 0.110. The summed E-state index contributed by atoms with van der Waals surface area (Å²) in [7, 11) is 0. The molecule has 2 aromatic heterocycles. The number of fused-ring (bicyclic) bond motifs is 2. The summed E-state index contributed by atoms with van der Waals surface area (Å²) < 4.78 is 0. The number of allylic oxidation sites excluding steroid dienone is 2. The van der Waals surface area contributed by atoms with Crippen molar-refractivity contribution in [2.75, 3.05) is 0 Å². The summed E-state index contributed by atoms with van der Waals surface area (Å²) in [6, 6.07) is 18.7. The van der Waals surface area contributed by atoms with Crippen molar-refractivity contribution in [3.05, 3.63) is 76.4 Å². The van der Waals surface area contributed by atoms with Crippen LogP contribution in [-0.4, -0.2) is 15.9 Å². The Labute approximate surface area is 277 Å². The first-order chi connectivity index (χ1) is 19.6. The molecule has 0 unspecified atom stereocenters. The van der Waals surface area contributed by atoms with Crippen molar-refractivity contribution in [3.63, 3.8) is 0 Å². The van der Waals surface area contributed by atoms with Crippen LogP contribution in [-0.2, 0) is 30.3 Å². The summed E-state index contributed by atoms with van der Waals surface area (Å²) in [5, 5.41) is 13.8. The molecule has 235 valence electrons. The number of hydrogen-bond acceptors (Lipinski definition) is 4. The maximum absolute atomic E-state index is 12.2. The second-order valence-corrected chi connectivity index (χ2v) is 14.4. The molecule has 0 aliphatic heterocycles. The predicted octanol–water partition coefficient (Wildman–Crippen LogP) is 11.5. The van der Waals surface area contributed by atoms with Crippen LogP contribution in [0.5, 0.6) is 0 Å². The fraction of sp³-hybridized carbons (Fsp3) is 0.474. The molecule has 3 nitrogen and oxygen atoms in total. The molecular formula is C38H50IrNO2S-. The molecule has 0 aliphatic carbocycles. The van der Waals surface area contributed by atoms with Gasteiger partial charge in [-0.25, -0.2) is 0 Å². The zero-order chi connectivity index (χ0) is 31.5. The Kier molecular flexibility index (Phi) is 12.5. The van der Waals surface area contributed by atoms with Crippen LogP contribution in [0.25, 0.3) is 32.2 Å². The largest absolute Gasteiger partial charge is 0.512 e. The van der Waals surface area contributed by atoms with Crippen molar-refractivity contribution in [3.8, 4) is 11.3 Å². The Hall–Kier alpha value is -2.33. The van der Waals surface area contributed by atoms with Crippen LogP contribution in [0, 0.1) is 30.7 Å². The molecule has 1 radical (unpaired) electrons. The van der Waals surface area contributed by atoms with Crippen molar-refractivity contribution in [1.82, 2.24) is 4.98 Å². The van der Waals surface area contributed by atoms with E-state index in [1.165, 1.54) is 32.9 Å². The normalized spacial score (nSPS) is 12.6. The number of pyridine rings is 1. The third-order valence-corrected chi connectivity index (χ3v) is 10.6. The molecular weight excluding hydrogens is 727 g/mol. The number of carbonyl (C=O) groups excluding carboxylic acids is 1. The molecule has 4 rings (SSSR count). The number of thiophene rings is 1. The number of hydrogen-bond donors (Lipinski definition) is 1.